The number of benzene rings is 1. The second kappa shape index (κ2) is 2.41. The molecule has 0 saturated heterocycles. The highest BCUT2D eigenvalue weighted by atomic mass is 16.4. The third-order valence-corrected chi connectivity index (χ3v) is 2.67. The largest absolute Gasteiger partial charge is 0.457 e. The number of aryl methyl sites for hydroxylation is 2. The average molecular weight is 186 g/mol. The molecule has 0 atom stereocenters. The van der Waals surface area contributed by atoms with Crippen LogP contribution in [-0.4, -0.2) is 0 Å². The maximum Gasteiger partial charge on any atom is 0.180 e. The molecular formula is C12H10O2. The molecule has 0 saturated carbocycles. The van der Waals surface area contributed by atoms with E-state index in [1.807, 2.05) is 38.1 Å². The van der Waals surface area contributed by atoms with Crippen molar-refractivity contribution in [1.29, 1.82) is 0 Å². The molecule has 0 aliphatic heterocycles. The van der Waals surface area contributed by atoms with E-state index in [0.29, 0.717) is 0 Å². The number of rotatable bonds is 0. The van der Waals surface area contributed by atoms with Gasteiger partial charge < -0.3 is 8.83 Å². The third kappa shape index (κ3) is 0.803. The summed E-state index contributed by atoms with van der Waals surface area (Å²) in [4.78, 5) is 0. The molecule has 2 heterocycles. The quantitative estimate of drug-likeness (QED) is 0.533. The molecule has 0 fully saturated rings. The topological polar surface area (TPSA) is 26.3 Å². The Morgan fingerprint density at radius 1 is 0.929 bits per heavy atom. The summed E-state index contributed by atoms with van der Waals surface area (Å²) in [5.74, 6) is 0.935. The fraction of sp³-hybridized carbons (Fsp3) is 0.167. The van der Waals surface area contributed by atoms with Crippen molar-refractivity contribution in [1.82, 2.24) is 0 Å². The van der Waals surface area contributed by atoms with Crippen molar-refractivity contribution >= 4 is 22.1 Å². The molecule has 70 valence electrons. The monoisotopic (exact) mass is 186 g/mol. The van der Waals surface area contributed by atoms with E-state index in [2.05, 4.69) is 0 Å². The molecule has 0 N–H and O–H groups in total. The number of hydrogen-bond donors (Lipinski definition) is 0. The van der Waals surface area contributed by atoms with Crippen LogP contribution in [0.3, 0.4) is 0 Å². The average Bonchev–Trinajstić information content (AvgIpc) is 2.67. The van der Waals surface area contributed by atoms with E-state index in [-0.39, 0.29) is 0 Å². The number of para-hydroxylation sites is 1. The predicted molar refractivity (Wildman–Crippen MR) is 55.5 cm³/mol. The third-order valence-electron chi connectivity index (χ3n) is 2.67. The maximum atomic E-state index is 5.71. The lowest BCUT2D eigenvalue weighted by Crippen LogP contribution is -1.68. The van der Waals surface area contributed by atoms with Crippen molar-refractivity contribution in [2.75, 3.05) is 0 Å². The molecule has 1 aromatic carbocycles. The van der Waals surface area contributed by atoms with E-state index in [1.165, 1.54) is 0 Å². The van der Waals surface area contributed by atoms with Crippen LogP contribution in [0.5, 0.6) is 0 Å². The summed E-state index contributed by atoms with van der Waals surface area (Å²) in [7, 11) is 0. The zero-order valence-electron chi connectivity index (χ0n) is 8.13. The van der Waals surface area contributed by atoms with Crippen LogP contribution in [0.15, 0.2) is 33.1 Å². The van der Waals surface area contributed by atoms with Gasteiger partial charge in [-0.1, -0.05) is 12.1 Å². The van der Waals surface area contributed by atoms with Crippen LogP contribution in [0.2, 0.25) is 0 Å². The molecule has 0 spiro atoms. The van der Waals surface area contributed by atoms with Crippen LogP contribution < -0.4 is 0 Å². The van der Waals surface area contributed by atoms with E-state index in [4.69, 9.17) is 8.83 Å². The van der Waals surface area contributed by atoms with Gasteiger partial charge in [0.15, 0.2) is 11.2 Å². The van der Waals surface area contributed by atoms with Crippen molar-refractivity contribution in [2.45, 2.75) is 13.8 Å². The molecule has 3 aromatic rings. The van der Waals surface area contributed by atoms with Crippen LogP contribution in [-0.2, 0) is 0 Å². The van der Waals surface area contributed by atoms with Crippen molar-refractivity contribution in [3.8, 4) is 0 Å². The van der Waals surface area contributed by atoms with Gasteiger partial charge in [0.05, 0.1) is 5.39 Å². The fourth-order valence-electron chi connectivity index (χ4n) is 1.76. The normalized spacial score (nSPS) is 11.6. The summed E-state index contributed by atoms with van der Waals surface area (Å²) in [5, 5.41) is 1.05. The Balaban J connectivity index is 2.60. The van der Waals surface area contributed by atoms with Gasteiger partial charge in [-0.3, -0.25) is 0 Å². The minimum atomic E-state index is 0.871. The molecule has 0 bridgehead atoms. The molecule has 3 rings (SSSR count). The van der Waals surface area contributed by atoms with Crippen LogP contribution in [0, 0.1) is 13.8 Å². The standard InChI is InChI=1S/C12H10O2/c1-7-8(2)13-12-9-5-3-4-6-10(9)14-11(7)12/h3-6H,1-2H3. The van der Waals surface area contributed by atoms with Crippen molar-refractivity contribution in [3.63, 3.8) is 0 Å². The first kappa shape index (κ1) is 7.68. The summed E-state index contributed by atoms with van der Waals surface area (Å²) in [6.07, 6.45) is 0. The highest BCUT2D eigenvalue weighted by Crippen LogP contribution is 2.33. The van der Waals surface area contributed by atoms with E-state index in [9.17, 15) is 0 Å². The minimum Gasteiger partial charge on any atom is -0.457 e. The lowest BCUT2D eigenvalue weighted by atomic mass is 10.2. The Hall–Kier alpha value is -1.70. The molecule has 2 nitrogen and oxygen atoms in total. The van der Waals surface area contributed by atoms with E-state index in [0.717, 1.165) is 33.5 Å². The zero-order valence-corrected chi connectivity index (χ0v) is 8.13. The van der Waals surface area contributed by atoms with Gasteiger partial charge in [0.25, 0.3) is 0 Å². The second-order valence-electron chi connectivity index (χ2n) is 3.54. The van der Waals surface area contributed by atoms with Crippen LogP contribution in [0.4, 0.5) is 0 Å². The summed E-state index contributed by atoms with van der Waals surface area (Å²) < 4.78 is 11.4. The molecule has 0 amide bonds. The predicted octanol–water partition coefficient (Wildman–Crippen LogP) is 3.80. The Labute approximate surface area is 81.1 Å². The maximum absolute atomic E-state index is 5.71. The highest BCUT2D eigenvalue weighted by Gasteiger charge is 2.14. The van der Waals surface area contributed by atoms with Crippen molar-refractivity contribution in [2.24, 2.45) is 0 Å². The van der Waals surface area contributed by atoms with Gasteiger partial charge in [0.2, 0.25) is 0 Å². The van der Waals surface area contributed by atoms with Gasteiger partial charge in [0, 0.05) is 5.56 Å². The Morgan fingerprint density at radius 3 is 2.57 bits per heavy atom. The molecule has 2 aromatic heterocycles. The summed E-state index contributed by atoms with van der Waals surface area (Å²) >= 11 is 0. The molecule has 0 unspecified atom stereocenters. The van der Waals surface area contributed by atoms with Gasteiger partial charge in [-0.25, -0.2) is 0 Å². The smallest absolute Gasteiger partial charge is 0.180 e. The fourth-order valence-corrected chi connectivity index (χ4v) is 1.76. The van der Waals surface area contributed by atoms with Gasteiger partial charge in [-0.15, -0.1) is 0 Å². The first-order valence-electron chi connectivity index (χ1n) is 4.64. The zero-order chi connectivity index (χ0) is 9.71. The Kier molecular flexibility index (Phi) is 1.32. The van der Waals surface area contributed by atoms with Gasteiger partial charge in [-0.05, 0) is 26.0 Å². The summed E-state index contributed by atoms with van der Waals surface area (Å²) in [5.41, 5.74) is 3.74. The van der Waals surface area contributed by atoms with Gasteiger partial charge in [-0.2, -0.15) is 0 Å². The number of hydrogen-bond acceptors (Lipinski definition) is 2. The molecular weight excluding hydrogens is 176 g/mol. The van der Waals surface area contributed by atoms with Crippen LogP contribution >= 0.6 is 0 Å². The first-order valence-corrected chi connectivity index (χ1v) is 4.64. The SMILES string of the molecule is Cc1oc2c(oc3ccccc32)c1C. The molecule has 0 radical (unpaired) electrons. The van der Waals surface area contributed by atoms with E-state index >= 15 is 0 Å². The molecule has 2 heteroatoms. The molecule has 14 heavy (non-hydrogen) atoms. The minimum absolute atomic E-state index is 0.871. The van der Waals surface area contributed by atoms with Gasteiger partial charge in [0.1, 0.15) is 11.3 Å². The first-order chi connectivity index (χ1) is 6.77. The van der Waals surface area contributed by atoms with Crippen molar-refractivity contribution < 1.29 is 8.83 Å². The van der Waals surface area contributed by atoms with E-state index in [1.54, 1.807) is 0 Å². The van der Waals surface area contributed by atoms with Crippen LogP contribution in [0.1, 0.15) is 11.3 Å². The number of furan rings is 2. The summed E-state index contributed by atoms with van der Waals surface area (Å²) in [6.45, 7) is 3.98. The van der Waals surface area contributed by atoms with E-state index < -0.39 is 0 Å². The Bertz CT molecular complexity index is 614. The number of fused-ring (bicyclic) bond motifs is 3. The highest BCUT2D eigenvalue weighted by molar-refractivity contribution is 6.02. The summed E-state index contributed by atoms with van der Waals surface area (Å²) in [6, 6.07) is 7.93. The van der Waals surface area contributed by atoms with Gasteiger partial charge >= 0.3 is 0 Å². The van der Waals surface area contributed by atoms with Crippen molar-refractivity contribution in [3.05, 3.63) is 35.6 Å². The second-order valence-corrected chi connectivity index (χ2v) is 3.54. The molecule has 0 aliphatic rings. The van der Waals surface area contributed by atoms with Crippen LogP contribution in [0.25, 0.3) is 22.1 Å². The Morgan fingerprint density at radius 2 is 1.71 bits per heavy atom. The lowest BCUT2D eigenvalue weighted by molar-refractivity contribution is 0.577. The lowest BCUT2D eigenvalue weighted by Gasteiger charge is -1.87. The molecule has 0 aliphatic carbocycles.